The minimum absolute atomic E-state index is 0.000384. The Morgan fingerprint density at radius 3 is 1.22 bits per heavy atom. The lowest BCUT2D eigenvalue weighted by Gasteiger charge is -2.27. The number of hydrogen-bond donors (Lipinski definition) is 4. The Balaban J connectivity index is 2.21. The summed E-state index contributed by atoms with van der Waals surface area (Å²) in [5.41, 5.74) is -0.00613. The van der Waals surface area contributed by atoms with Gasteiger partial charge in [-0.15, -0.1) is 0 Å². The quantitative estimate of drug-likeness (QED) is 0.107. The van der Waals surface area contributed by atoms with Gasteiger partial charge in [0.15, 0.2) is 0 Å². The fraction of sp³-hybridized carbons (Fsp3) is 0.500. The number of rotatable bonds is 17. The van der Waals surface area contributed by atoms with Crippen molar-refractivity contribution in [1.29, 1.82) is 0 Å². The first kappa shape index (κ1) is 41.0. The van der Waals surface area contributed by atoms with Crippen molar-refractivity contribution in [3.8, 4) is 0 Å². The number of benzene rings is 2. The van der Waals surface area contributed by atoms with Gasteiger partial charge >= 0.3 is 24.1 Å². The maximum atomic E-state index is 13.6. The zero-order chi connectivity index (χ0) is 37.2. The molecule has 4 amide bonds. The molecule has 2 aromatic rings. The number of hydrogen-bond acceptors (Lipinski definition) is 10. The van der Waals surface area contributed by atoms with Gasteiger partial charge in [0.2, 0.25) is 11.8 Å². The highest BCUT2D eigenvalue weighted by molar-refractivity contribution is 5.96. The summed E-state index contributed by atoms with van der Waals surface area (Å²) in [5.74, 6) is -2.61. The Hall–Kier alpha value is -5.14. The van der Waals surface area contributed by atoms with Gasteiger partial charge in [-0.3, -0.25) is 19.2 Å². The summed E-state index contributed by atoms with van der Waals surface area (Å²) in [6, 6.07) is 14.2. The summed E-state index contributed by atoms with van der Waals surface area (Å²) >= 11 is 0. The van der Waals surface area contributed by atoms with Crippen molar-refractivity contribution in [2.24, 2.45) is 0 Å². The van der Waals surface area contributed by atoms with Gasteiger partial charge in [0.25, 0.3) is 0 Å². The van der Waals surface area contributed by atoms with E-state index >= 15 is 0 Å². The molecule has 0 bridgehead atoms. The summed E-state index contributed by atoms with van der Waals surface area (Å²) < 4.78 is 21.2. The minimum Gasteiger partial charge on any atom is -0.460 e. The lowest BCUT2D eigenvalue weighted by molar-refractivity contribution is -0.156. The second-order valence-corrected chi connectivity index (χ2v) is 13.3. The molecule has 2 atom stereocenters. The first-order chi connectivity index (χ1) is 23.5. The fourth-order valence-corrected chi connectivity index (χ4v) is 4.28. The number of alkyl carbamates (subject to hydrolysis) is 2. The maximum Gasteiger partial charge on any atom is 0.408 e. The number of carbonyl (C=O) groups excluding carboxylic acids is 6. The first-order valence-corrected chi connectivity index (χ1v) is 16.5. The van der Waals surface area contributed by atoms with E-state index in [9.17, 15) is 28.8 Å². The number of carbonyl (C=O) groups is 6. The van der Waals surface area contributed by atoms with E-state index in [0.717, 1.165) is 0 Å². The van der Waals surface area contributed by atoms with Crippen LogP contribution < -0.4 is 21.3 Å². The normalized spacial score (nSPS) is 12.4. The Morgan fingerprint density at radius 2 is 0.900 bits per heavy atom. The van der Waals surface area contributed by atoms with Crippen molar-refractivity contribution in [2.75, 3.05) is 13.1 Å². The van der Waals surface area contributed by atoms with Crippen molar-refractivity contribution < 1.29 is 47.7 Å². The average molecular weight is 699 g/mol. The molecule has 50 heavy (non-hydrogen) atoms. The van der Waals surface area contributed by atoms with Crippen molar-refractivity contribution in [3.63, 3.8) is 0 Å². The van der Waals surface area contributed by atoms with Crippen molar-refractivity contribution in [1.82, 2.24) is 21.3 Å². The van der Waals surface area contributed by atoms with Gasteiger partial charge < -0.3 is 40.2 Å². The number of amides is 4. The molecule has 14 nitrogen and oxygen atoms in total. The van der Waals surface area contributed by atoms with E-state index < -0.39 is 59.2 Å². The molecule has 0 saturated heterocycles. The Morgan fingerprint density at radius 1 is 0.560 bits per heavy atom. The molecule has 0 aliphatic heterocycles. The van der Waals surface area contributed by atoms with Crippen LogP contribution in [0, 0.1) is 0 Å². The van der Waals surface area contributed by atoms with E-state index in [1.807, 2.05) is 0 Å². The molecule has 0 saturated carbocycles. The summed E-state index contributed by atoms with van der Waals surface area (Å²) in [6.07, 6.45) is -1.68. The number of esters is 2. The van der Waals surface area contributed by atoms with Crippen LogP contribution in [-0.4, -0.2) is 72.3 Å². The van der Waals surface area contributed by atoms with Crippen LogP contribution in [0.15, 0.2) is 60.7 Å². The standard InChI is InChI=1S/C36H50N4O10/c1-35(2,3)49-27(41)19-13-21-37-31(43)29(39-33(45)47-23-25-15-9-7-10-16-25)30(40-34(46)48-24-26-17-11-8-12-18-26)32(44)38-22-14-20-28(42)50-36(4,5)6/h7-12,15-18,29-30H,13-14,19-24H2,1-6H3,(H,37,43)(H,38,44)(H,39,45)(H,40,46). The predicted molar refractivity (Wildman–Crippen MR) is 183 cm³/mol. The molecule has 2 aromatic carbocycles. The molecular formula is C36H50N4O10. The molecule has 4 N–H and O–H groups in total. The van der Waals surface area contributed by atoms with Crippen molar-refractivity contribution in [3.05, 3.63) is 71.8 Å². The molecule has 14 heteroatoms. The highest BCUT2D eigenvalue weighted by Crippen LogP contribution is 2.11. The lowest BCUT2D eigenvalue weighted by atomic mass is 10.1. The largest absolute Gasteiger partial charge is 0.460 e. The lowest BCUT2D eigenvalue weighted by Crippen LogP contribution is -2.63. The molecule has 2 rings (SSSR count). The summed E-state index contributed by atoms with van der Waals surface area (Å²) in [5, 5.41) is 9.98. The third-order valence-corrected chi connectivity index (χ3v) is 6.42. The Kier molecular flexibility index (Phi) is 16.7. The Labute approximate surface area is 293 Å². The third kappa shape index (κ3) is 17.9. The topological polar surface area (TPSA) is 187 Å². The summed E-state index contributed by atoms with van der Waals surface area (Å²) in [6.45, 7) is 10.1. The van der Waals surface area contributed by atoms with Gasteiger partial charge in [-0.1, -0.05) is 60.7 Å². The van der Waals surface area contributed by atoms with Crippen LogP contribution in [0.5, 0.6) is 0 Å². The number of nitrogens with one attached hydrogen (secondary N) is 4. The maximum absolute atomic E-state index is 13.6. The van der Waals surface area contributed by atoms with Crippen LogP contribution in [0.25, 0.3) is 0 Å². The molecule has 0 fully saturated rings. The molecule has 2 unspecified atom stereocenters. The van der Waals surface area contributed by atoms with Gasteiger partial charge in [0, 0.05) is 25.9 Å². The van der Waals surface area contributed by atoms with Crippen LogP contribution in [0.3, 0.4) is 0 Å². The average Bonchev–Trinajstić information content (AvgIpc) is 3.04. The van der Waals surface area contributed by atoms with E-state index in [1.54, 1.807) is 102 Å². The van der Waals surface area contributed by atoms with Gasteiger partial charge in [0.05, 0.1) is 0 Å². The second kappa shape index (κ2) is 20.4. The van der Waals surface area contributed by atoms with E-state index in [1.165, 1.54) is 0 Å². The Bertz CT molecular complexity index is 1300. The van der Waals surface area contributed by atoms with Gasteiger partial charge in [0.1, 0.15) is 36.5 Å². The van der Waals surface area contributed by atoms with E-state index in [2.05, 4.69) is 21.3 Å². The minimum atomic E-state index is -1.69. The SMILES string of the molecule is CC(C)(C)OC(=O)CCCNC(=O)C(NC(=O)OCc1ccccc1)C(NC(=O)OCc1ccccc1)C(=O)NCCCC(=O)OC(C)(C)C. The highest BCUT2D eigenvalue weighted by Gasteiger charge is 2.37. The smallest absolute Gasteiger partial charge is 0.408 e. The molecule has 0 aliphatic carbocycles. The fourth-order valence-electron chi connectivity index (χ4n) is 4.28. The molecule has 0 aliphatic rings. The molecule has 0 spiro atoms. The summed E-state index contributed by atoms with van der Waals surface area (Å²) in [4.78, 5) is 77.3. The van der Waals surface area contributed by atoms with Crippen LogP contribution >= 0.6 is 0 Å². The van der Waals surface area contributed by atoms with Gasteiger partial charge in [-0.2, -0.15) is 0 Å². The zero-order valence-corrected chi connectivity index (χ0v) is 29.7. The monoisotopic (exact) mass is 698 g/mol. The van der Waals surface area contributed by atoms with Crippen LogP contribution in [0.2, 0.25) is 0 Å². The van der Waals surface area contributed by atoms with Crippen LogP contribution in [0.4, 0.5) is 9.59 Å². The van der Waals surface area contributed by atoms with Crippen LogP contribution in [-0.2, 0) is 51.3 Å². The third-order valence-electron chi connectivity index (χ3n) is 6.42. The molecule has 0 aromatic heterocycles. The molecule has 0 radical (unpaired) electrons. The predicted octanol–water partition coefficient (Wildman–Crippen LogP) is 4.05. The van der Waals surface area contributed by atoms with Gasteiger partial charge in [-0.25, -0.2) is 9.59 Å². The second-order valence-electron chi connectivity index (χ2n) is 13.3. The highest BCUT2D eigenvalue weighted by atomic mass is 16.6. The zero-order valence-electron chi connectivity index (χ0n) is 29.7. The first-order valence-electron chi connectivity index (χ1n) is 16.5. The molecular weight excluding hydrogens is 648 g/mol. The summed E-state index contributed by atoms with van der Waals surface area (Å²) in [7, 11) is 0. The van der Waals surface area contributed by atoms with Crippen molar-refractivity contribution in [2.45, 2.75) is 104 Å². The van der Waals surface area contributed by atoms with E-state index in [0.29, 0.717) is 11.1 Å². The molecule has 274 valence electrons. The molecule has 0 heterocycles. The van der Waals surface area contributed by atoms with Crippen LogP contribution in [0.1, 0.15) is 78.4 Å². The van der Waals surface area contributed by atoms with E-state index in [-0.39, 0.29) is 52.0 Å². The van der Waals surface area contributed by atoms with E-state index in [4.69, 9.17) is 18.9 Å². The van der Waals surface area contributed by atoms with Gasteiger partial charge in [-0.05, 0) is 65.5 Å². The number of ether oxygens (including phenoxy) is 4. The van der Waals surface area contributed by atoms with Crippen molar-refractivity contribution >= 4 is 35.9 Å².